The molecule has 5 aromatic rings. The number of benzene rings is 3. The van der Waals surface area contributed by atoms with Gasteiger partial charge in [-0.15, -0.1) is 0 Å². The predicted molar refractivity (Wildman–Crippen MR) is 90.7 cm³/mol. The van der Waals surface area contributed by atoms with Crippen molar-refractivity contribution in [2.75, 3.05) is 0 Å². The molecule has 0 fully saturated rings. The van der Waals surface area contributed by atoms with Crippen LogP contribution < -0.4 is 0 Å². The highest BCUT2D eigenvalue weighted by atomic mass is 35.5. The maximum Gasteiger partial charge on any atom is 0.145 e. The molecule has 0 saturated carbocycles. The fourth-order valence-corrected chi connectivity index (χ4v) is 3.28. The average molecular weight is 304 g/mol. The van der Waals surface area contributed by atoms with Gasteiger partial charge >= 0.3 is 0 Å². The minimum atomic E-state index is 0.632. The van der Waals surface area contributed by atoms with Crippen LogP contribution >= 0.6 is 11.6 Å². The van der Waals surface area contributed by atoms with Crippen molar-refractivity contribution in [1.82, 2.24) is 4.98 Å². The Kier molecular flexibility index (Phi) is 2.30. The standard InChI is InChI=1S/C19H10ClNO/c20-13-7-9-15(21-10-13)14-8-6-12-5-4-11-2-1-3-16-17(11)18(12)19(14)22-16/h1-10H. The van der Waals surface area contributed by atoms with Crippen LogP contribution in [0.25, 0.3) is 44.0 Å². The molecule has 0 saturated heterocycles. The Hall–Kier alpha value is -2.58. The van der Waals surface area contributed by atoms with Crippen molar-refractivity contribution in [3.63, 3.8) is 0 Å². The van der Waals surface area contributed by atoms with Gasteiger partial charge in [0.2, 0.25) is 0 Å². The van der Waals surface area contributed by atoms with E-state index in [-0.39, 0.29) is 0 Å². The summed E-state index contributed by atoms with van der Waals surface area (Å²) in [6.07, 6.45) is 1.66. The van der Waals surface area contributed by atoms with Gasteiger partial charge in [0.1, 0.15) is 11.2 Å². The molecule has 2 aromatic heterocycles. The molecule has 0 spiro atoms. The average Bonchev–Trinajstić information content (AvgIpc) is 2.95. The van der Waals surface area contributed by atoms with Crippen LogP contribution in [-0.2, 0) is 0 Å². The third kappa shape index (κ3) is 1.53. The molecule has 0 radical (unpaired) electrons. The fourth-order valence-electron chi connectivity index (χ4n) is 3.17. The summed E-state index contributed by atoms with van der Waals surface area (Å²) in [6.45, 7) is 0. The van der Waals surface area contributed by atoms with Crippen LogP contribution in [0.2, 0.25) is 5.02 Å². The lowest BCUT2D eigenvalue weighted by Crippen LogP contribution is -1.84. The molecule has 0 bridgehead atoms. The largest absolute Gasteiger partial charge is 0.455 e. The number of hydrogen-bond donors (Lipinski definition) is 0. The van der Waals surface area contributed by atoms with Crippen LogP contribution in [0.3, 0.4) is 0 Å². The zero-order chi connectivity index (χ0) is 14.7. The first-order chi connectivity index (χ1) is 10.8. The van der Waals surface area contributed by atoms with E-state index in [4.69, 9.17) is 16.0 Å². The van der Waals surface area contributed by atoms with E-state index < -0.39 is 0 Å². The molecule has 0 aliphatic heterocycles. The van der Waals surface area contributed by atoms with Crippen molar-refractivity contribution >= 4 is 44.3 Å². The van der Waals surface area contributed by atoms with Crippen molar-refractivity contribution < 1.29 is 4.42 Å². The summed E-state index contributed by atoms with van der Waals surface area (Å²) in [5.74, 6) is 0. The zero-order valence-corrected chi connectivity index (χ0v) is 12.3. The van der Waals surface area contributed by atoms with Gasteiger partial charge in [0.15, 0.2) is 0 Å². The van der Waals surface area contributed by atoms with E-state index in [9.17, 15) is 0 Å². The van der Waals surface area contributed by atoms with Gasteiger partial charge < -0.3 is 4.42 Å². The summed E-state index contributed by atoms with van der Waals surface area (Å²) >= 11 is 5.94. The van der Waals surface area contributed by atoms with Crippen LogP contribution in [-0.4, -0.2) is 4.98 Å². The minimum Gasteiger partial charge on any atom is -0.455 e. The second-order valence-electron chi connectivity index (χ2n) is 5.42. The van der Waals surface area contributed by atoms with Crippen LogP contribution in [0.5, 0.6) is 0 Å². The molecular weight excluding hydrogens is 294 g/mol. The van der Waals surface area contributed by atoms with E-state index in [1.165, 1.54) is 21.5 Å². The molecule has 0 atom stereocenters. The molecular formula is C19H10ClNO. The number of aromatic nitrogens is 1. The summed E-state index contributed by atoms with van der Waals surface area (Å²) in [5.41, 5.74) is 3.66. The first-order valence-electron chi connectivity index (χ1n) is 7.09. The number of nitrogens with zero attached hydrogens (tertiary/aromatic N) is 1. The summed E-state index contributed by atoms with van der Waals surface area (Å²) in [5, 5.41) is 5.37. The molecule has 3 heteroatoms. The summed E-state index contributed by atoms with van der Waals surface area (Å²) in [6, 6.07) is 18.4. The Balaban J connectivity index is 1.96. The lowest BCUT2D eigenvalue weighted by Gasteiger charge is -2.04. The summed E-state index contributed by atoms with van der Waals surface area (Å²) in [4.78, 5) is 4.43. The maximum atomic E-state index is 6.16. The number of rotatable bonds is 1. The lowest BCUT2D eigenvalue weighted by molar-refractivity contribution is 0.670. The van der Waals surface area contributed by atoms with Crippen molar-refractivity contribution in [1.29, 1.82) is 0 Å². The molecule has 0 aliphatic rings. The van der Waals surface area contributed by atoms with Gasteiger partial charge in [-0.1, -0.05) is 41.9 Å². The molecule has 2 nitrogen and oxygen atoms in total. The SMILES string of the molecule is Clc1ccc(-c2ccc3ccc4cccc5oc2c3c45)nc1. The second kappa shape index (κ2) is 4.21. The summed E-state index contributed by atoms with van der Waals surface area (Å²) in [7, 11) is 0. The highest BCUT2D eigenvalue weighted by Gasteiger charge is 2.16. The van der Waals surface area contributed by atoms with Crippen LogP contribution in [0.15, 0.2) is 65.2 Å². The number of hydrogen-bond acceptors (Lipinski definition) is 2. The highest BCUT2D eigenvalue weighted by molar-refractivity contribution is 6.30. The van der Waals surface area contributed by atoms with E-state index >= 15 is 0 Å². The van der Waals surface area contributed by atoms with Gasteiger partial charge in [0.25, 0.3) is 0 Å². The van der Waals surface area contributed by atoms with Gasteiger partial charge in [-0.2, -0.15) is 0 Å². The van der Waals surface area contributed by atoms with Gasteiger partial charge in [0.05, 0.1) is 10.7 Å². The second-order valence-corrected chi connectivity index (χ2v) is 5.86. The topological polar surface area (TPSA) is 26.0 Å². The Bertz CT molecular complexity index is 1130. The van der Waals surface area contributed by atoms with Crippen LogP contribution in [0, 0.1) is 0 Å². The number of halogens is 1. The van der Waals surface area contributed by atoms with E-state index in [2.05, 4.69) is 35.3 Å². The van der Waals surface area contributed by atoms with Crippen LogP contribution in [0.4, 0.5) is 0 Å². The Morgan fingerprint density at radius 3 is 2.45 bits per heavy atom. The zero-order valence-electron chi connectivity index (χ0n) is 11.5. The van der Waals surface area contributed by atoms with E-state index in [1.807, 2.05) is 24.3 Å². The lowest BCUT2D eigenvalue weighted by atomic mass is 9.99. The van der Waals surface area contributed by atoms with E-state index in [0.717, 1.165) is 22.4 Å². The molecule has 5 rings (SSSR count). The molecule has 0 N–H and O–H groups in total. The number of pyridine rings is 1. The molecule has 0 aliphatic carbocycles. The third-order valence-corrected chi connectivity index (χ3v) is 4.38. The Morgan fingerprint density at radius 1 is 0.818 bits per heavy atom. The molecule has 22 heavy (non-hydrogen) atoms. The molecule has 3 aromatic carbocycles. The normalized spacial score (nSPS) is 11.9. The van der Waals surface area contributed by atoms with Crippen molar-refractivity contribution in [3.05, 3.63) is 65.8 Å². The Labute approximate surface area is 131 Å². The molecule has 0 unspecified atom stereocenters. The predicted octanol–water partition coefficient (Wildman–Crippen LogP) is 5.89. The van der Waals surface area contributed by atoms with Crippen LogP contribution in [0.1, 0.15) is 0 Å². The first-order valence-corrected chi connectivity index (χ1v) is 7.47. The minimum absolute atomic E-state index is 0.632. The fraction of sp³-hybridized carbons (Fsp3) is 0. The summed E-state index contributed by atoms with van der Waals surface area (Å²) < 4.78 is 6.16. The van der Waals surface area contributed by atoms with Crippen molar-refractivity contribution in [2.45, 2.75) is 0 Å². The van der Waals surface area contributed by atoms with Gasteiger partial charge in [-0.05, 0) is 35.0 Å². The van der Waals surface area contributed by atoms with Crippen molar-refractivity contribution in [2.24, 2.45) is 0 Å². The van der Waals surface area contributed by atoms with E-state index in [0.29, 0.717) is 5.02 Å². The van der Waals surface area contributed by atoms with Gasteiger partial charge in [-0.3, -0.25) is 4.98 Å². The molecule has 0 amide bonds. The first kappa shape index (κ1) is 12.0. The quantitative estimate of drug-likeness (QED) is 0.361. The Morgan fingerprint density at radius 2 is 1.64 bits per heavy atom. The van der Waals surface area contributed by atoms with Gasteiger partial charge in [0, 0.05) is 22.5 Å². The van der Waals surface area contributed by atoms with Crippen molar-refractivity contribution in [3.8, 4) is 11.3 Å². The number of furan rings is 1. The highest BCUT2D eigenvalue weighted by Crippen LogP contribution is 2.40. The maximum absolute atomic E-state index is 6.16. The van der Waals surface area contributed by atoms with Gasteiger partial charge in [-0.25, -0.2) is 0 Å². The monoisotopic (exact) mass is 303 g/mol. The molecule has 2 heterocycles. The third-order valence-electron chi connectivity index (χ3n) is 4.16. The van der Waals surface area contributed by atoms with E-state index in [1.54, 1.807) is 6.20 Å². The molecule has 104 valence electrons. The smallest absolute Gasteiger partial charge is 0.145 e.